The van der Waals surface area contributed by atoms with Crippen LogP contribution in [0.15, 0.2) is 53.5 Å². The molecule has 0 spiro atoms. The molecule has 1 aliphatic heterocycles. The molecule has 31 heavy (non-hydrogen) atoms. The highest BCUT2D eigenvalue weighted by Gasteiger charge is 2.21. The van der Waals surface area contributed by atoms with Crippen LogP contribution in [0.25, 0.3) is 5.69 Å². The molecule has 1 aromatic heterocycles. The van der Waals surface area contributed by atoms with Crippen LogP contribution in [-0.2, 0) is 0 Å². The summed E-state index contributed by atoms with van der Waals surface area (Å²) in [5.41, 5.74) is 0.790. The van der Waals surface area contributed by atoms with E-state index in [9.17, 15) is 13.6 Å². The van der Waals surface area contributed by atoms with Crippen molar-refractivity contribution in [2.45, 2.75) is 6.42 Å². The Balaban J connectivity index is 1.55. The molecule has 0 bridgehead atoms. The Hall–Kier alpha value is -3.13. The minimum absolute atomic E-state index is 0.0448. The van der Waals surface area contributed by atoms with Gasteiger partial charge in [0.25, 0.3) is 5.56 Å². The maximum absolute atomic E-state index is 14.1. The van der Waals surface area contributed by atoms with Crippen molar-refractivity contribution in [2.24, 2.45) is 0 Å². The van der Waals surface area contributed by atoms with Gasteiger partial charge in [-0.2, -0.15) is 9.78 Å². The fourth-order valence-electron chi connectivity index (χ4n) is 3.68. The third-order valence-electron chi connectivity index (χ3n) is 5.31. The van der Waals surface area contributed by atoms with Gasteiger partial charge in [0, 0.05) is 37.9 Å². The molecule has 2 aromatic carbocycles. The summed E-state index contributed by atoms with van der Waals surface area (Å²) in [5.74, 6) is -0.817. The number of hydrogen-bond acceptors (Lipinski definition) is 5. The van der Waals surface area contributed by atoms with E-state index in [1.54, 1.807) is 7.11 Å². The van der Waals surface area contributed by atoms with Crippen molar-refractivity contribution in [3.05, 3.63) is 75.7 Å². The summed E-state index contributed by atoms with van der Waals surface area (Å²) in [4.78, 5) is 17.0. The van der Waals surface area contributed by atoms with Gasteiger partial charge in [0.2, 0.25) is 0 Å². The van der Waals surface area contributed by atoms with Gasteiger partial charge in [0.05, 0.1) is 19.0 Å². The molecule has 6 nitrogen and oxygen atoms in total. The third kappa shape index (κ3) is 4.34. The number of nitrogens with zero attached hydrogens (tertiary/aromatic N) is 4. The molecule has 1 aliphatic rings. The van der Waals surface area contributed by atoms with Crippen LogP contribution in [0.4, 0.5) is 20.2 Å². The lowest BCUT2D eigenvalue weighted by Crippen LogP contribution is -2.33. The zero-order valence-electron chi connectivity index (χ0n) is 16.9. The predicted octanol–water partition coefficient (Wildman–Crippen LogP) is 3.89. The number of anilines is 2. The number of halogens is 3. The van der Waals surface area contributed by atoms with Gasteiger partial charge in [-0.15, -0.1) is 0 Å². The van der Waals surface area contributed by atoms with Crippen LogP contribution in [-0.4, -0.2) is 43.1 Å². The number of benzene rings is 2. The zero-order valence-corrected chi connectivity index (χ0v) is 17.6. The molecule has 2 heterocycles. The summed E-state index contributed by atoms with van der Waals surface area (Å²) in [5, 5.41) is 4.05. The second kappa shape index (κ2) is 8.93. The first kappa shape index (κ1) is 21.1. The topological polar surface area (TPSA) is 50.6 Å². The van der Waals surface area contributed by atoms with E-state index in [0.717, 1.165) is 47.8 Å². The van der Waals surface area contributed by atoms with Crippen LogP contribution in [0.2, 0.25) is 5.02 Å². The Morgan fingerprint density at radius 2 is 1.68 bits per heavy atom. The Labute approximate surface area is 183 Å². The Kier molecular flexibility index (Phi) is 6.08. The quantitative estimate of drug-likeness (QED) is 0.608. The molecule has 162 valence electrons. The summed E-state index contributed by atoms with van der Waals surface area (Å²) < 4.78 is 33.4. The molecular weight excluding hydrogens is 426 g/mol. The molecule has 0 saturated carbocycles. The van der Waals surface area contributed by atoms with Crippen molar-refractivity contribution in [3.63, 3.8) is 0 Å². The molecule has 4 rings (SSSR count). The lowest BCUT2D eigenvalue weighted by atomic mass is 10.2. The maximum Gasteiger partial charge on any atom is 0.292 e. The van der Waals surface area contributed by atoms with E-state index in [-0.39, 0.29) is 10.7 Å². The minimum atomic E-state index is -0.886. The first-order valence-electron chi connectivity index (χ1n) is 9.85. The number of ether oxygens (including phenoxy) is 1. The summed E-state index contributed by atoms with van der Waals surface area (Å²) in [6.45, 7) is 2.92. The van der Waals surface area contributed by atoms with Gasteiger partial charge in [0.15, 0.2) is 5.82 Å². The molecule has 0 atom stereocenters. The molecule has 0 N–H and O–H groups in total. The van der Waals surface area contributed by atoms with E-state index in [1.165, 1.54) is 6.20 Å². The number of aromatic nitrogens is 2. The van der Waals surface area contributed by atoms with Crippen molar-refractivity contribution in [1.29, 1.82) is 0 Å². The summed E-state index contributed by atoms with van der Waals surface area (Å²) in [7, 11) is 1.63. The van der Waals surface area contributed by atoms with Crippen molar-refractivity contribution >= 4 is 23.0 Å². The van der Waals surface area contributed by atoms with E-state index in [2.05, 4.69) is 10.00 Å². The lowest BCUT2D eigenvalue weighted by molar-refractivity contribution is 0.415. The summed E-state index contributed by atoms with van der Waals surface area (Å²) in [6, 6.07) is 10.8. The summed E-state index contributed by atoms with van der Waals surface area (Å²) >= 11 is 6.37. The van der Waals surface area contributed by atoms with Gasteiger partial charge >= 0.3 is 0 Å². The number of rotatable bonds is 4. The second-order valence-electron chi connectivity index (χ2n) is 7.18. The van der Waals surface area contributed by atoms with Gasteiger partial charge in [-0.05, 0) is 42.8 Å². The zero-order chi connectivity index (χ0) is 22.0. The van der Waals surface area contributed by atoms with Crippen LogP contribution < -0.4 is 20.1 Å². The third-order valence-corrected chi connectivity index (χ3v) is 5.67. The molecule has 0 radical (unpaired) electrons. The minimum Gasteiger partial charge on any atom is -0.497 e. The molecule has 9 heteroatoms. The molecular formula is C22H21ClF2N4O2. The Bertz CT molecular complexity index is 1140. The molecule has 1 saturated heterocycles. The van der Waals surface area contributed by atoms with Gasteiger partial charge in [-0.3, -0.25) is 4.79 Å². The molecule has 0 unspecified atom stereocenters. The lowest BCUT2D eigenvalue weighted by Gasteiger charge is -2.25. The van der Waals surface area contributed by atoms with E-state index in [1.807, 2.05) is 29.2 Å². The molecule has 3 aromatic rings. The van der Waals surface area contributed by atoms with Crippen LogP contribution in [0, 0.1) is 11.6 Å². The Morgan fingerprint density at radius 3 is 2.39 bits per heavy atom. The van der Waals surface area contributed by atoms with Gasteiger partial charge in [0.1, 0.15) is 22.3 Å². The van der Waals surface area contributed by atoms with Crippen molar-refractivity contribution in [2.75, 3.05) is 43.1 Å². The first-order valence-corrected chi connectivity index (χ1v) is 10.2. The van der Waals surface area contributed by atoms with Gasteiger partial charge in [-0.25, -0.2) is 8.78 Å². The Morgan fingerprint density at radius 1 is 0.968 bits per heavy atom. The maximum atomic E-state index is 14.1. The molecule has 0 aliphatic carbocycles. The van der Waals surface area contributed by atoms with E-state index in [4.69, 9.17) is 16.3 Å². The van der Waals surface area contributed by atoms with Crippen LogP contribution in [0.3, 0.4) is 0 Å². The van der Waals surface area contributed by atoms with E-state index < -0.39 is 17.2 Å². The van der Waals surface area contributed by atoms with Gasteiger partial charge < -0.3 is 14.5 Å². The van der Waals surface area contributed by atoms with Crippen LogP contribution in [0.5, 0.6) is 5.75 Å². The average molecular weight is 447 g/mol. The normalized spacial score (nSPS) is 14.5. The standard InChI is InChI=1S/C22H21ClF2N4O2/c1-31-17-6-4-16(5-7-17)27-9-2-10-28(12-11-27)20-14-26-29(22(30)21(20)23)19-8-3-15(24)13-18(19)25/h3-8,13-14H,2,9-12H2,1H3. The fourth-order valence-corrected chi connectivity index (χ4v) is 3.93. The van der Waals surface area contributed by atoms with Gasteiger partial charge in [-0.1, -0.05) is 11.6 Å². The average Bonchev–Trinajstić information content (AvgIpc) is 3.02. The van der Waals surface area contributed by atoms with Crippen molar-refractivity contribution in [3.8, 4) is 11.4 Å². The monoisotopic (exact) mass is 446 g/mol. The second-order valence-corrected chi connectivity index (χ2v) is 7.56. The fraction of sp³-hybridized carbons (Fsp3) is 0.273. The smallest absolute Gasteiger partial charge is 0.292 e. The van der Waals surface area contributed by atoms with Crippen LogP contribution >= 0.6 is 11.6 Å². The highest BCUT2D eigenvalue weighted by molar-refractivity contribution is 6.33. The summed E-state index contributed by atoms with van der Waals surface area (Å²) in [6.07, 6.45) is 2.31. The SMILES string of the molecule is COc1ccc(N2CCCN(c3cnn(-c4ccc(F)cc4F)c(=O)c3Cl)CC2)cc1. The van der Waals surface area contributed by atoms with Crippen molar-refractivity contribution in [1.82, 2.24) is 9.78 Å². The molecule has 0 amide bonds. The highest BCUT2D eigenvalue weighted by Crippen LogP contribution is 2.26. The van der Waals surface area contributed by atoms with E-state index >= 15 is 0 Å². The largest absolute Gasteiger partial charge is 0.497 e. The number of hydrogen-bond donors (Lipinski definition) is 0. The molecule has 1 fully saturated rings. The first-order chi connectivity index (χ1) is 15.0. The highest BCUT2D eigenvalue weighted by atomic mass is 35.5. The van der Waals surface area contributed by atoms with E-state index in [0.29, 0.717) is 24.8 Å². The van der Waals surface area contributed by atoms with Crippen LogP contribution in [0.1, 0.15) is 6.42 Å². The predicted molar refractivity (Wildman–Crippen MR) is 117 cm³/mol. The number of methoxy groups -OCH3 is 1. The van der Waals surface area contributed by atoms with Crippen molar-refractivity contribution < 1.29 is 13.5 Å².